The van der Waals surface area contributed by atoms with Gasteiger partial charge in [-0.25, -0.2) is 5.43 Å². The second-order valence-electron chi connectivity index (χ2n) is 5.12. The zero-order valence-corrected chi connectivity index (χ0v) is 17.1. The second-order valence-corrected chi connectivity index (χ2v) is 6.89. The maximum absolute atomic E-state index is 11.9. The summed E-state index contributed by atoms with van der Waals surface area (Å²) in [7, 11) is 1.53. The minimum atomic E-state index is -0.205. The van der Waals surface area contributed by atoms with Gasteiger partial charge in [0.15, 0.2) is 11.5 Å². The van der Waals surface area contributed by atoms with Crippen LogP contribution in [0.4, 0.5) is 0 Å². The van der Waals surface area contributed by atoms with Crippen LogP contribution in [0, 0.1) is 12.3 Å². The smallest absolute Gasteiger partial charge is 0.244 e. The molecular weight excluding hydrogens is 464 g/mol. The van der Waals surface area contributed by atoms with Crippen molar-refractivity contribution < 1.29 is 14.3 Å². The largest absolute Gasteiger partial charge is 0.493 e. The molecule has 1 amide bonds. The number of ether oxygens (including phenoxy) is 2. The van der Waals surface area contributed by atoms with E-state index in [0.717, 1.165) is 15.6 Å². The molecular formula is C19H16Br2N2O3. The third-order valence-electron chi connectivity index (χ3n) is 3.23. The first-order valence-electron chi connectivity index (χ1n) is 7.53. The average Bonchev–Trinajstić information content (AvgIpc) is 2.62. The van der Waals surface area contributed by atoms with E-state index in [4.69, 9.17) is 15.9 Å². The lowest BCUT2D eigenvalue weighted by molar-refractivity contribution is -0.120. The fourth-order valence-corrected chi connectivity index (χ4v) is 2.91. The van der Waals surface area contributed by atoms with Gasteiger partial charge in [0.05, 0.1) is 24.2 Å². The number of carbonyl (C=O) groups excluding carboxylic acids is 1. The summed E-state index contributed by atoms with van der Waals surface area (Å²) in [6.07, 6.45) is 6.98. The number of terminal acetylenes is 1. The Kier molecular flexibility index (Phi) is 7.70. The van der Waals surface area contributed by atoms with Gasteiger partial charge >= 0.3 is 0 Å². The van der Waals surface area contributed by atoms with Gasteiger partial charge in [0.1, 0.15) is 6.61 Å². The van der Waals surface area contributed by atoms with E-state index in [1.54, 1.807) is 12.1 Å². The van der Waals surface area contributed by atoms with Crippen molar-refractivity contribution in [2.45, 2.75) is 6.42 Å². The maximum Gasteiger partial charge on any atom is 0.244 e. The van der Waals surface area contributed by atoms with Gasteiger partial charge in [-0.15, -0.1) is 6.42 Å². The second kappa shape index (κ2) is 10.00. The molecule has 7 heteroatoms. The Morgan fingerprint density at radius 1 is 1.31 bits per heavy atom. The first kappa shape index (κ1) is 20.0. The fraction of sp³-hybridized carbons (Fsp3) is 0.158. The Morgan fingerprint density at radius 3 is 2.69 bits per heavy atom. The van der Waals surface area contributed by atoms with E-state index < -0.39 is 0 Å². The van der Waals surface area contributed by atoms with Crippen molar-refractivity contribution in [1.29, 1.82) is 0 Å². The number of hydrogen-bond acceptors (Lipinski definition) is 4. The van der Waals surface area contributed by atoms with E-state index in [2.05, 4.69) is 48.3 Å². The van der Waals surface area contributed by atoms with Crippen LogP contribution in [0.3, 0.4) is 0 Å². The van der Waals surface area contributed by atoms with Crippen molar-refractivity contribution in [2.24, 2.45) is 5.10 Å². The summed E-state index contributed by atoms with van der Waals surface area (Å²) in [6, 6.07) is 11.1. The number of halogens is 2. The topological polar surface area (TPSA) is 59.9 Å². The molecule has 1 N–H and O–H groups in total. The summed E-state index contributed by atoms with van der Waals surface area (Å²) in [5.41, 5.74) is 4.14. The number of hydrazone groups is 1. The fourth-order valence-electron chi connectivity index (χ4n) is 2.07. The number of methoxy groups -OCH3 is 1. The van der Waals surface area contributed by atoms with Crippen LogP contribution < -0.4 is 14.9 Å². The molecule has 0 bridgehead atoms. The van der Waals surface area contributed by atoms with Crippen molar-refractivity contribution >= 4 is 44.0 Å². The zero-order valence-electron chi connectivity index (χ0n) is 14.0. The van der Waals surface area contributed by atoms with Gasteiger partial charge in [-0.2, -0.15) is 5.10 Å². The number of benzene rings is 2. The first-order chi connectivity index (χ1) is 12.5. The van der Waals surface area contributed by atoms with Crippen LogP contribution in [0.5, 0.6) is 11.5 Å². The lowest BCUT2D eigenvalue weighted by atomic mass is 10.1. The van der Waals surface area contributed by atoms with Gasteiger partial charge in [-0.05, 0) is 51.3 Å². The Morgan fingerprint density at radius 2 is 2.04 bits per heavy atom. The van der Waals surface area contributed by atoms with E-state index >= 15 is 0 Å². The molecule has 0 saturated heterocycles. The number of carbonyl (C=O) groups is 1. The summed E-state index contributed by atoms with van der Waals surface area (Å²) < 4.78 is 12.4. The quantitative estimate of drug-likeness (QED) is 0.372. The van der Waals surface area contributed by atoms with E-state index in [1.807, 2.05) is 24.3 Å². The van der Waals surface area contributed by atoms with E-state index in [9.17, 15) is 4.79 Å². The van der Waals surface area contributed by atoms with Crippen molar-refractivity contribution in [2.75, 3.05) is 13.7 Å². The van der Waals surface area contributed by atoms with Crippen LogP contribution in [0.2, 0.25) is 0 Å². The average molecular weight is 480 g/mol. The summed E-state index contributed by atoms with van der Waals surface area (Å²) in [4.78, 5) is 11.9. The van der Waals surface area contributed by atoms with E-state index in [0.29, 0.717) is 16.0 Å². The van der Waals surface area contributed by atoms with E-state index in [-0.39, 0.29) is 18.9 Å². The molecule has 0 aromatic heterocycles. The number of nitrogens with zero attached hydrogens (tertiary/aromatic N) is 1. The molecule has 0 aliphatic rings. The number of hydrogen-bond donors (Lipinski definition) is 1. The molecule has 26 heavy (non-hydrogen) atoms. The molecule has 0 spiro atoms. The Hall–Kier alpha value is -2.30. The molecule has 2 aromatic carbocycles. The molecule has 0 fully saturated rings. The zero-order chi connectivity index (χ0) is 18.9. The Balaban J connectivity index is 2.01. The monoisotopic (exact) mass is 478 g/mol. The molecule has 0 saturated carbocycles. The highest BCUT2D eigenvalue weighted by molar-refractivity contribution is 9.10. The summed E-state index contributed by atoms with van der Waals surface area (Å²) in [5.74, 6) is 3.23. The van der Waals surface area contributed by atoms with Crippen molar-refractivity contribution in [3.05, 3.63) is 56.5 Å². The van der Waals surface area contributed by atoms with Crippen LogP contribution in [-0.4, -0.2) is 25.8 Å². The highest BCUT2D eigenvalue weighted by atomic mass is 79.9. The Bertz CT molecular complexity index is 843. The molecule has 0 aliphatic heterocycles. The number of rotatable bonds is 7. The van der Waals surface area contributed by atoms with Crippen molar-refractivity contribution in [1.82, 2.24) is 5.43 Å². The minimum Gasteiger partial charge on any atom is -0.493 e. The number of amides is 1. The SMILES string of the molecule is C#CCOc1c(Br)cc(/C=N/NC(=O)Cc2ccc(Br)cc2)cc1OC. The molecule has 134 valence electrons. The predicted octanol–water partition coefficient (Wildman–Crippen LogP) is 3.93. The van der Waals surface area contributed by atoms with Gasteiger partial charge in [0.2, 0.25) is 5.91 Å². The summed E-state index contributed by atoms with van der Waals surface area (Å²) in [5, 5.41) is 3.98. The Labute approximate surface area is 169 Å². The van der Waals surface area contributed by atoms with Crippen LogP contribution >= 0.6 is 31.9 Å². The summed E-state index contributed by atoms with van der Waals surface area (Å²) in [6.45, 7) is 0.133. The highest BCUT2D eigenvalue weighted by Crippen LogP contribution is 2.36. The van der Waals surface area contributed by atoms with E-state index in [1.165, 1.54) is 13.3 Å². The van der Waals surface area contributed by atoms with Gasteiger partial charge in [-0.1, -0.05) is 34.0 Å². The number of nitrogens with one attached hydrogen (secondary N) is 1. The molecule has 2 rings (SSSR count). The molecule has 0 heterocycles. The minimum absolute atomic E-state index is 0.133. The standard InChI is InChI=1S/C19H16Br2N2O3/c1-3-8-26-19-16(21)9-14(10-17(19)25-2)12-22-23-18(24)11-13-4-6-15(20)7-5-13/h1,4-7,9-10,12H,8,11H2,2H3,(H,23,24)/b22-12+. The van der Waals surface area contributed by atoms with Crippen molar-refractivity contribution in [3.63, 3.8) is 0 Å². The maximum atomic E-state index is 11.9. The molecule has 0 aliphatic carbocycles. The third-order valence-corrected chi connectivity index (χ3v) is 4.35. The van der Waals surface area contributed by atoms with Gasteiger partial charge in [-0.3, -0.25) is 4.79 Å². The molecule has 2 aromatic rings. The lowest BCUT2D eigenvalue weighted by Gasteiger charge is -2.11. The van der Waals surface area contributed by atoms with Gasteiger partial charge < -0.3 is 9.47 Å². The van der Waals surface area contributed by atoms with Crippen molar-refractivity contribution in [3.8, 4) is 23.8 Å². The van der Waals surface area contributed by atoms with Gasteiger partial charge in [0.25, 0.3) is 0 Å². The molecule has 5 nitrogen and oxygen atoms in total. The van der Waals surface area contributed by atoms with Crippen LogP contribution in [0.15, 0.2) is 50.4 Å². The predicted molar refractivity (Wildman–Crippen MR) is 109 cm³/mol. The third kappa shape index (κ3) is 5.90. The summed E-state index contributed by atoms with van der Waals surface area (Å²) >= 11 is 6.77. The molecule has 0 radical (unpaired) electrons. The molecule has 0 atom stereocenters. The van der Waals surface area contributed by atoms with Crippen LogP contribution in [0.1, 0.15) is 11.1 Å². The van der Waals surface area contributed by atoms with Crippen LogP contribution in [-0.2, 0) is 11.2 Å². The highest BCUT2D eigenvalue weighted by Gasteiger charge is 2.11. The normalized spacial score (nSPS) is 10.4. The molecule has 0 unspecified atom stereocenters. The lowest BCUT2D eigenvalue weighted by Crippen LogP contribution is -2.19. The van der Waals surface area contributed by atoms with Gasteiger partial charge in [0, 0.05) is 4.47 Å². The first-order valence-corrected chi connectivity index (χ1v) is 9.12. The van der Waals surface area contributed by atoms with Crippen LogP contribution in [0.25, 0.3) is 0 Å².